The molecule has 0 saturated heterocycles. The summed E-state index contributed by atoms with van der Waals surface area (Å²) in [6.07, 6.45) is 3.99. The van der Waals surface area contributed by atoms with Gasteiger partial charge in [0.05, 0.1) is 12.5 Å². The maximum absolute atomic E-state index is 13.3. The van der Waals surface area contributed by atoms with E-state index in [0.29, 0.717) is 25.1 Å². The lowest BCUT2D eigenvalue weighted by molar-refractivity contribution is -0.115. The summed E-state index contributed by atoms with van der Waals surface area (Å²) in [4.78, 5) is 24.4. The summed E-state index contributed by atoms with van der Waals surface area (Å²) in [5.74, 6) is -1.46. The van der Waals surface area contributed by atoms with Gasteiger partial charge in [0.2, 0.25) is 5.91 Å². The van der Waals surface area contributed by atoms with Crippen LogP contribution in [0.15, 0.2) is 24.3 Å². The standard InChI is InChI=1S/C23H28F2N4O4/c24-15-7-13(8-16(25)11-15)9-22(31)27-21-12-20(28-29-21)14-1-6-19(10-14)33-23(32)26-17-2-4-18(30)5-3-17/h7-8,11-12,14,17-19,30H,1-6,9-10H2,(H,26,32)(H2,27,28,29,31)/t14-,17-,18+,19+/m1/s1. The average molecular weight is 462 g/mol. The number of hydrogen-bond acceptors (Lipinski definition) is 5. The van der Waals surface area contributed by atoms with Crippen LogP contribution in [0.5, 0.6) is 0 Å². The number of carbonyl (C=O) groups excluding carboxylic acids is 2. The molecule has 0 spiro atoms. The number of benzene rings is 1. The molecule has 4 N–H and O–H groups in total. The lowest BCUT2D eigenvalue weighted by atomic mass is 9.93. The number of aliphatic hydroxyl groups is 1. The molecule has 0 radical (unpaired) electrons. The Labute approximate surface area is 190 Å². The van der Waals surface area contributed by atoms with Crippen LogP contribution in [0, 0.1) is 11.6 Å². The molecule has 10 heteroatoms. The highest BCUT2D eigenvalue weighted by atomic mass is 19.1. The molecule has 33 heavy (non-hydrogen) atoms. The van der Waals surface area contributed by atoms with Crippen LogP contribution in [-0.4, -0.2) is 45.6 Å². The maximum Gasteiger partial charge on any atom is 0.407 e. The van der Waals surface area contributed by atoms with Crippen molar-refractivity contribution < 1.29 is 28.2 Å². The molecule has 2 aliphatic carbocycles. The number of aromatic amines is 1. The van der Waals surface area contributed by atoms with Crippen molar-refractivity contribution >= 4 is 17.8 Å². The van der Waals surface area contributed by atoms with E-state index in [1.807, 2.05) is 0 Å². The summed E-state index contributed by atoms with van der Waals surface area (Å²) >= 11 is 0. The van der Waals surface area contributed by atoms with Gasteiger partial charge >= 0.3 is 6.09 Å². The fraction of sp³-hybridized carbons (Fsp3) is 0.522. The van der Waals surface area contributed by atoms with Gasteiger partial charge in [-0.25, -0.2) is 13.6 Å². The van der Waals surface area contributed by atoms with E-state index in [2.05, 4.69) is 20.8 Å². The summed E-state index contributed by atoms with van der Waals surface area (Å²) in [5, 5.41) is 22.1. The van der Waals surface area contributed by atoms with E-state index in [-0.39, 0.29) is 36.2 Å². The molecule has 2 aliphatic rings. The van der Waals surface area contributed by atoms with E-state index >= 15 is 0 Å². The molecule has 4 rings (SSSR count). The smallest absolute Gasteiger partial charge is 0.407 e. The summed E-state index contributed by atoms with van der Waals surface area (Å²) in [6.45, 7) is 0. The molecule has 0 aliphatic heterocycles. The van der Waals surface area contributed by atoms with E-state index in [9.17, 15) is 23.5 Å². The van der Waals surface area contributed by atoms with Crippen molar-refractivity contribution in [3.63, 3.8) is 0 Å². The van der Waals surface area contributed by atoms with Gasteiger partial charge < -0.3 is 20.5 Å². The van der Waals surface area contributed by atoms with Gasteiger partial charge in [0.15, 0.2) is 5.82 Å². The zero-order valence-corrected chi connectivity index (χ0v) is 18.2. The van der Waals surface area contributed by atoms with E-state index in [1.165, 1.54) is 0 Å². The Morgan fingerprint density at radius 2 is 1.79 bits per heavy atom. The third-order valence-electron chi connectivity index (χ3n) is 6.27. The first kappa shape index (κ1) is 23.2. The Morgan fingerprint density at radius 3 is 2.52 bits per heavy atom. The molecule has 2 aromatic rings. The molecule has 2 amide bonds. The number of H-pyrrole nitrogens is 1. The lowest BCUT2D eigenvalue weighted by Gasteiger charge is -2.26. The largest absolute Gasteiger partial charge is 0.446 e. The average Bonchev–Trinajstić information content (AvgIpc) is 3.38. The fourth-order valence-electron chi connectivity index (χ4n) is 4.60. The minimum absolute atomic E-state index is 0.0424. The zero-order valence-electron chi connectivity index (χ0n) is 18.2. The SMILES string of the molecule is O=C(Cc1cc(F)cc(F)c1)Nc1cc([C@@H]2CC[C@H](OC(=O)N[C@H]3CC[C@@H](O)CC3)C2)[nH]n1. The summed E-state index contributed by atoms with van der Waals surface area (Å²) in [7, 11) is 0. The highest BCUT2D eigenvalue weighted by molar-refractivity contribution is 5.91. The van der Waals surface area contributed by atoms with Gasteiger partial charge in [-0.3, -0.25) is 9.89 Å². The van der Waals surface area contributed by atoms with Crippen molar-refractivity contribution in [2.75, 3.05) is 5.32 Å². The third-order valence-corrected chi connectivity index (χ3v) is 6.27. The van der Waals surface area contributed by atoms with E-state index in [4.69, 9.17) is 4.74 Å². The van der Waals surface area contributed by atoms with E-state index in [0.717, 1.165) is 49.6 Å². The van der Waals surface area contributed by atoms with Crippen LogP contribution in [0.25, 0.3) is 0 Å². The topological polar surface area (TPSA) is 116 Å². The second-order valence-electron chi connectivity index (χ2n) is 8.90. The van der Waals surface area contributed by atoms with Crippen molar-refractivity contribution in [1.82, 2.24) is 15.5 Å². The number of aromatic nitrogens is 2. The minimum Gasteiger partial charge on any atom is -0.446 e. The first-order chi connectivity index (χ1) is 15.8. The molecule has 0 unspecified atom stereocenters. The van der Waals surface area contributed by atoms with Crippen LogP contribution in [0.2, 0.25) is 0 Å². The number of aliphatic hydroxyl groups excluding tert-OH is 1. The number of nitrogens with zero attached hydrogens (tertiary/aromatic N) is 1. The number of hydrogen-bond donors (Lipinski definition) is 4. The van der Waals surface area contributed by atoms with Crippen molar-refractivity contribution in [3.8, 4) is 0 Å². The minimum atomic E-state index is -0.732. The Morgan fingerprint density at radius 1 is 1.06 bits per heavy atom. The first-order valence-corrected chi connectivity index (χ1v) is 11.3. The summed E-state index contributed by atoms with van der Waals surface area (Å²) in [6, 6.07) is 4.76. The number of alkyl carbamates (subject to hydrolysis) is 1. The predicted octanol–water partition coefficient (Wildman–Crippen LogP) is 3.53. The maximum atomic E-state index is 13.3. The predicted molar refractivity (Wildman–Crippen MR) is 116 cm³/mol. The summed E-state index contributed by atoms with van der Waals surface area (Å²) in [5.41, 5.74) is 1.06. The van der Waals surface area contributed by atoms with Gasteiger partial charge in [-0.2, -0.15) is 5.10 Å². The van der Waals surface area contributed by atoms with Crippen molar-refractivity contribution in [3.05, 3.63) is 47.2 Å². The Hall–Kier alpha value is -3.01. The number of halogens is 2. The second-order valence-corrected chi connectivity index (χ2v) is 8.90. The van der Waals surface area contributed by atoms with Crippen molar-refractivity contribution in [1.29, 1.82) is 0 Å². The molecule has 2 saturated carbocycles. The second kappa shape index (κ2) is 10.3. The zero-order chi connectivity index (χ0) is 23.4. The van der Waals surface area contributed by atoms with Crippen LogP contribution < -0.4 is 10.6 Å². The molecule has 8 nitrogen and oxygen atoms in total. The fourth-order valence-corrected chi connectivity index (χ4v) is 4.60. The van der Waals surface area contributed by atoms with Crippen LogP contribution in [0.1, 0.15) is 62.1 Å². The monoisotopic (exact) mass is 462 g/mol. The van der Waals surface area contributed by atoms with Gasteiger partial charge in [0, 0.05) is 29.8 Å². The highest BCUT2D eigenvalue weighted by Gasteiger charge is 2.31. The van der Waals surface area contributed by atoms with Gasteiger partial charge in [-0.1, -0.05) is 0 Å². The van der Waals surface area contributed by atoms with Gasteiger partial charge in [0.25, 0.3) is 0 Å². The number of anilines is 1. The number of carbonyl (C=O) groups is 2. The van der Waals surface area contributed by atoms with Gasteiger partial charge in [0.1, 0.15) is 17.7 Å². The molecular formula is C23H28F2N4O4. The van der Waals surface area contributed by atoms with Crippen LogP contribution >= 0.6 is 0 Å². The number of ether oxygens (including phenoxy) is 1. The first-order valence-electron chi connectivity index (χ1n) is 11.3. The quantitative estimate of drug-likeness (QED) is 0.524. The van der Waals surface area contributed by atoms with Crippen LogP contribution in [0.3, 0.4) is 0 Å². The molecule has 2 atom stereocenters. The van der Waals surface area contributed by atoms with Gasteiger partial charge in [-0.15, -0.1) is 0 Å². The lowest BCUT2D eigenvalue weighted by Crippen LogP contribution is -2.40. The number of nitrogens with one attached hydrogen (secondary N) is 3. The van der Waals surface area contributed by atoms with Crippen LogP contribution in [-0.2, 0) is 16.0 Å². The molecular weight excluding hydrogens is 434 g/mol. The molecule has 1 aromatic heterocycles. The molecule has 2 fully saturated rings. The third kappa shape index (κ3) is 6.50. The van der Waals surface area contributed by atoms with Crippen LogP contribution in [0.4, 0.5) is 19.4 Å². The number of rotatable bonds is 6. The molecule has 178 valence electrons. The Balaban J connectivity index is 1.23. The van der Waals surface area contributed by atoms with Crippen molar-refractivity contribution in [2.24, 2.45) is 0 Å². The molecule has 0 bridgehead atoms. The summed E-state index contributed by atoms with van der Waals surface area (Å²) < 4.78 is 32.2. The highest BCUT2D eigenvalue weighted by Crippen LogP contribution is 2.36. The molecule has 1 aromatic carbocycles. The Kier molecular flexibility index (Phi) is 7.22. The van der Waals surface area contributed by atoms with E-state index in [1.54, 1.807) is 6.07 Å². The normalized spacial score (nSPS) is 24.9. The number of amides is 2. The molecule has 1 heterocycles. The van der Waals surface area contributed by atoms with Gasteiger partial charge in [-0.05, 0) is 62.6 Å². The Bertz CT molecular complexity index is 970. The van der Waals surface area contributed by atoms with E-state index < -0.39 is 23.6 Å². The van der Waals surface area contributed by atoms with Crippen molar-refractivity contribution in [2.45, 2.75) is 75.5 Å².